The SMILES string of the molecule is CSc1cccc(NC(=O)Cn2cc(-c3nc(-c4ccccc4C)no3)c(=O)c3ccc(C)nc32)c1. The molecule has 0 fully saturated rings. The van der Waals surface area contributed by atoms with Gasteiger partial charge in [0, 0.05) is 28.0 Å². The Morgan fingerprint density at radius 3 is 2.67 bits per heavy atom. The molecule has 180 valence electrons. The molecule has 5 aromatic rings. The zero-order valence-electron chi connectivity index (χ0n) is 20.0. The summed E-state index contributed by atoms with van der Waals surface area (Å²) in [6.45, 7) is 3.74. The zero-order chi connectivity index (χ0) is 25.2. The highest BCUT2D eigenvalue weighted by Crippen LogP contribution is 2.24. The van der Waals surface area contributed by atoms with E-state index in [1.165, 1.54) is 0 Å². The Balaban J connectivity index is 1.55. The normalized spacial score (nSPS) is 11.1. The number of carbonyl (C=O) groups excluding carboxylic acids is 1. The molecule has 0 aliphatic rings. The molecular weight excluding hydrogens is 474 g/mol. The molecule has 0 bridgehead atoms. The van der Waals surface area contributed by atoms with Crippen LogP contribution in [0.3, 0.4) is 0 Å². The number of benzene rings is 2. The Labute approximate surface area is 211 Å². The number of amides is 1. The maximum absolute atomic E-state index is 13.4. The van der Waals surface area contributed by atoms with Gasteiger partial charge in [-0.3, -0.25) is 9.59 Å². The molecule has 9 heteroatoms. The van der Waals surface area contributed by atoms with E-state index in [4.69, 9.17) is 4.52 Å². The second-order valence-corrected chi connectivity index (χ2v) is 9.22. The second-order valence-electron chi connectivity index (χ2n) is 8.34. The van der Waals surface area contributed by atoms with Gasteiger partial charge in [-0.2, -0.15) is 4.98 Å². The summed E-state index contributed by atoms with van der Waals surface area (Å²) in [4.78, 5) is 36.4. The Morgan fingerprint density at radius 2 is 1.86 bits per heavy atom. The third-order valence-electron chi connectivity index (χ3n) is 5.77. The van der Waals surface area contributed by atoms with Crippen LogP contribution in [0.5, 0.6) is 0 Å². The average Bonchev–Trinajstić information content (AvgIpc) is 3.35. The van der Waals surface area contributed by atoms with Crippen LogP contribution >= 0.6 is 11.8 Å². The van der Waals surface area contributed by atoms with Crippen LogP contribution in [0.1, 0.15) is 11.3 Å². The number of pyridine rings is 2. The minimum atomic E-state index is -0.290. The molecular formula is C27H23N5O3S. The first-order valence-electron chi connectivity index (χ1n) is 11.3. The number of thioether (sulfide) groups is 1. The van der Waals surface area contributed by atoms with Crippen molar-refractivity contribution in [2.75, 3.05) is 11.6 Å². The maximum Gasteiger partial charge on any atom is 0.263 e. The minimum Gasteiger partial charge on any atom is -0.333 e. The van der Waals surface area contributed by atoms with Crippen LogP contribution < -0.4 is 10.7 Å². The van der Waals surface area contributed by atoms with E-state index >= 15 is 0 Å². The lowest BCUT2D eigenvalue weighted by atomic mass is 10.1. The fourth-order valence-corrected chi connectivity index (χ4v) is 4.41. The number of rotatable bonds is 6. The molecule has 3 aromatic heterocycles. The highest BCUT2D eigenvalue weighted by atomic mass is 32.2. The smallest absolute Gasteiger partial charge is 0.263 e. The number of fused-ring (bicyclic) bond motifs is 1. The second kappa shape index (κ2) is 9.79. The number of hydrogen-bond acceptors (Lipinski definition) is 7. The maximum atomic E-state index is 13.4. The molecule has 0 saturated heterocycles. The average molecular weight is 498 g/mol. The van der Waals surface area contributed by atoms with Gasteiger partial charge in [0.25, 0.3) is 5.89 Å². The summed E-state index contributed by atoms with van der Waals surface area (Å²) in [5.41, 5.74) is 3.56. The van der Waals surface area contributed by atoms with Crippen LogP contribution in [-0.2, 0) is 11.3 Å². The minimum absolute atomic E-state index is 0.0531. The third-order valence-corrected chi connectivity index (χ3v) is 6.50. The molecule has 36 heavy (non-hydrogen) atoms. The predicted molar refractivity (Wildman–Crippen MR) is 141 cm³/mol. The lowest BCUT2D eigenvalue weighted by Crippen LogP contribution is -2.22. The Morgan fingerprint density at radius 1 is 1.03 bits per heavy atom. The van der Waals surface area contributed by atoms with Gasteiger partial charge in [0.1, 0.15) is 17.8 Å². The summed E-state index contributed by atoms with van der Waals surface area (Å²) in [7, 11) is 0. The van der Waals surface area contributed by atoms with Crippen molar-refractivity contribution < 1.29 is 9.32 Å². The van der Waals surface area contributed by atoms with Crippen molar-refractivity contribution in [1.82, 2.24) is 19.7 Å². The molecule has 0 atom stereocenters. The van der Waals surface area contributed by atoms with Crippen LogP contribution in [-0.4, -0.2) is 31.9 Å². The van der Waals surface area contributed by atoms with E-state index in [1.807, 2.05) is 68.6 Å². The molecule has 1 amide bonds. The number of hydrogen-bond donors (Lipinski definition) is 1. The summed E-state index contributed by atoms with van der Waals surface area (Å²) in [5, 5.41) is 7.38. The molecule has 0 aliphatic heterocycles. The standard InChI is InChI=1S/C27H23N5O3S/c1-16-7-4-5-10-20(16)25-30-27(35-31-25)22-14-32(26-21(24(22)34)12-11-17(2)28-26)15-23(33)29-18-8-6-9-19(13-18)36-3/h4-14H,15H2,1-3H3,(H,29,33). The molecule has 0 spiro atoms. The number of aromatic nitrogens is 4. The van der Waals surface area contributed by atoms with E-state index in [1.54, 1.807) is 34.7 Å². The summed E-state index contributed by atoms with van der Waals surface area (Å²) in [6.07, 6.45) is 3.54. The van der Waals surface area contributed by atoms with Crippen molar-refractivity contribution in [1.29, 1.82) is 0 Å². The van der Waals surface area contributed by atoms with Crippen molar-refractivity contribution in [2.45, 2.75) is 25.3 Å². The molecule has 2 aromatic carbocycles. The van der Waals surface area contributed by atoms with E-state index in [0.717, 1.165) is 21.7 Å². The third kappa shape index (κ3) is 4.65. The molecule has 0 aliphatic carbocycles. The van der Waals surface area contributed by atoms with Crippen molar-refractivity contribution in [2.24, 2.45) is 0 Å². The van der Waals surface area contributed by atoms with Gasteiger partial charge in [-0.25, -0.2) is 4.98 Å². The van der Waals surface area contributed by atoms with Crippen LogP contribution in [0.15, 0.2) is 81.1 Å². The topological polar surface area (TPSA) is 103 Å². The van der Waals surface area contributed by atoms with Crippen molar-refractivity contribution >= 4 is 34.4 Å². The molecule has 0 unspecified atom stereocenters. The number of nitrogens with zero attached hydrogens (tertiary/aromatic N) is 4. The first-order chi connectivity index (χ1) is 17.4. The number of aryl methyl sites for hydroxylation is 2. The van der Waals surface area contributed by atoms with Crippen LogP contribution in [0, 0.1) is 13.8 Å². The molecule has 8 nitrogen and oxygen atoms in total. The van der Waals surface area contributed by atoms with Gasteiger partial charge in [0.05, 0.1) is 5.39 Å². The van der Waals surface area contributed by atoms with Crippen LogP contribution in [0.4, 0.5) is 5.69 Å². The number of nitrogens with one attached hydrogen (secondary N) is 1. The molecule has 3 heterocycles. The Bertz CT molecular complexity index is 1660. The van der Waals surface area contributed by atoms with Gasteiger partial charge < -0.3 is 14.4 Å². The lowest BCUT2D eigenvalue weighted by molar-refractivity contribution is -0.116. The van der Waals surface area contributed by atoms with E-state index in [2.05, 4.69) is 20.4 Å². The van der Waals surface area contributed by atoms with Gasteiger partial charge in [0.15, 0.2) is 0 Å². The van der Waals surface area contributed by atoms with Crippen LogP contribution in [0.2, 0.25) is 0 Å². The van der Waals surface area contributed by atoms with E-state index in [0.29, 0.717) is 22.5 Å². The highest BCUT2D eigenvalue weighted by molar-refractivity contribution is 7.98. The predicted octanol–water partition coefficient (Wildman–Crippen LogP) is 5.09. The van der Waals surface area contributed by atoms with Crippen molar-refractivity contribution in [3.8, 4) is 22.8 Å². The molecule has 0 radical (unpaired) electrons. The van der Waals surface area contributed by atoms with Gasteiger partial charge in [-0.15, -0.1) is 11.8 Å². The quantitative estimate of drug-likeness (QED) is 0.326. The van der Waals surface area contributed by atoms with Crippen molar-refractivity contribution in [3.05, 3.63) is 88.3 Å². The summed E-state index contributed by atoms with van der Waals surface area (Å²) >= 11 is 1.60. The van der Waals surface area contributed by atoms with Gasteiger partial charge in [-0.1, -0.05) is 35.5 Å². The van der Waals surface area contributed by atoms with E-state index in [9.17, 15) is 9.59 Å². The summed E-state index contributed by atoms with van der Waals surface area (Å²) in [6, 6.07) is 18.7. The number of anilines is 1. The van der Waals surface area contributed by atoms with Gasteiger partial charge in [-0.05, 0) is 56.0 Å². The first kappa shape index (κ1) is 23.5. The monoisotopic (exact) mass is 497 g/mol. The highest BCUT2D eigenvalue weighted by Gasteiger charge is 2.19. The fourth-order valence-electron chi connectivity index (χ4n) is 3.95. The largest absolute Gasteiger partial charge is 0.333 e. The summed E-state index contributed by atoms with van der Waals surface area (Å²) in [5.74, 6) is 0.226. The Kier molecular flexibility index (Phi) is 6.39. The summed E-state index contributed by atoms with van der Waals surface area (Å²) < 4.78 is 7.14. The molecule has 1 N–H and O–H groups in total. The first-order valence-corrected chi connectivity index (χ1v) is 12.5. The van der Waals surface area contributed by atoms with Crippen molar-refractivity contribution in [3.63, 3.8) is 0 Å². The number of carbonyl (C=O) groups is 1. The fraction of sp³-hybridized carbons (Fsp3) is 0.148. The molecule has 5 rings (SSSR count). The molecule has 0 saturated carbocycles. The Hall–Kier alpha value is -4.24. The zero-order valence-corrected chi connectivity index (χ0v) is 20.8. The van der Waals surface area contributed by atoms with Gasteiger partial charge >= 0.3 is 0 Å². The van der Waals surface area contributed by atoms with E-state index < -0.39 is 0 Å². The van der Waals surface area contributed by atoms with Crippen LogP contribution in [0.25, 0.3) is 33.9 Å². The van der Waals surface area contributed by atoms with E-state index in [-0.39, 0.29) is 29.3 Å². The lowest BCUT2D eigenvalue weighted by Gasteiger charge is -2.13. The van der Waals surface area contributed by atoms with Gasteiger partial charge in [0.2, 0.25) is 17.2 Å².